The van der Waals surface area contributed by atoms with Crippen LogP contribution < -0.4 is 10.9 Å². The molecule has 7 heteroatoms. The van der Waals surface area contributed by atoms with Crippen LogP contribution in [0, 0.1) is 0 Å². The molecule has 1 aromatic carbocycles. The normalized spacial score (nSPS) is 15.4. The van der Waals surface area contributed by atoms with Crippen LogP contribution in [0.25, 0.3) is 10.9 Å². The van der Waals surface area contributed by atoms with E-state index in [1.54, 1.807) is 17.0 Å². The Labute approximate surface area is 140 Å². The SMILES string of the molecule is C=CCNC(=O)N1CCN(Cc2nc3ccccc3c(=O)[nH]2)CC1. The number of aromatic nitrogens is 2. The topological polar surface area (TPSA) is 81.3 Å². The minimum Gasteiger partial charge on any atom is -0.335 e. The monoisotopic (exact) mass is 327 g/mol. The number of carbonyl (C=O) groups excluding carboxylic acids is 1. The van der Waals surface area contributed by atoms with E-state index in [0.717, 1.165) is 13.1 Å². The van der Waals surface area contributed by atoms with Crippen molar-refractivity contribution in [2.45, 2.75) is 6.54 Å². The van der Waals surface area contributed by atoms with Crippen molar-refractivity contribution in [2.24, 2.45) is 0 Å². The fraction of sp³-hybridized carbons (Fsp3) is 0.353. The Morgan fingerprint density at radius 3 is 2.79 bits per heavy atom. The lowest BCUT2D eigenvalue weighted by Gasteiger charge is -2.34. The Balaban J connectivity index is 1.61. The summed E-state index contributed by atoms with van der Waals surface area (Å²) < 4.78 is 0. The lowest BCUT2D eigenvalue weighted by Crippen LogP contribution is -2.51. The number of H-pyrrole nitrogens is 1. The average molecular weight is 327 g/mol. The van der Waals surface area contributed by atoms with Gasteiger partial charge in [0.05, 0.1) is 17.4 Å². The summed E-state index contributed by atoms with van der Waals surface area (Å²) in [5.74, 6) is 0.656. The van der Waals surface area contributed by atoms with Crippen molar-refractivity contribution in [3.63, 3.8) is 0 Å². The highest BCUT2D eigenvalue weighted by Crippen LogP contribution is 2.09. The largest absolute Gasteiger partial charge is 0.335 e. The number of carbonyl (C=O) groups is 1. The molecule has 1 saturated heterocycles. The molecule has 0 unspecified atom stereocenters. The Morgan fingerprint density at radius 1 is 1.29 bits per heavy atom. The first kappa shape index (κ1) is 16.2. The smallest absolute Gasteiger partial charge is 0.317 e. The third-order valence-electron chi connectivity index (χ3n) is 4.09. The molecule has 0 bridgehead atoms. The van der Waals surface area contributed by atoms with Gasteiger partial charge in [-0.05, 0) is 12.1 Å². The van der Waals surface area contributed by atoms with Gasteiger partial charge in [-0.15, -0.1) is 6.58 Å². The Kier molecular flexibility index (Phi) is 4.90. The zero-order chi connectivity index (χ0) is 16.9. The molecule has 2 amide bonds. The van der Waals surface area contributed by atoms with Crippen LogP contribution in [0.15, 0.2) is 41.7 Å². The predicted molar refractivity (Wildman–Crippen MR) is 92.8 cm³/mol. The second kappa shape index (κ2) is 7.27. The standard InChI is InChI=1S/C17H21N5O2/c1-2-7-18-17(24)22-10-8-21(9-11-22)12-15-19-14-6-4-3-5-13(14)16(23)20-15/h2-6H,1,7-12H2,(H,18,24)(H,19,20,23). The minimum absolute atomic E-state index is 0.0632. The molecule has 3 rings (SSSR count). The van der Waals surface area contributed by atoms with E-state index in [4.69, 9.17) is 0 Å². The molecule has 0 atom stereocenters. The Bertz CT molecular complexity index is 793. The predicted octanol–water partition coefficient (Wildman–Crippen LogP) is 0.936. The van der Waals surface area contributed by atoms with E-state index < -0.39 is 0 Å². The molecule has 24 heavy (non-hydrogen) atoms. The summed E-state index contributed by atoms with van der Waals surface area (Å²) in [7, 11) is 0. The first-order valence-electron chi connectivity index (χ1n) is 8.01. The van der Waals surface area contributed by atoms with Gasteiger partial charge in [0.15, 0.2) is 0 Å². The van der Waals surface area contributed by atoms with Gasteiger partial charge < -0.3 is 15.2 Å². The van der Waals surface area contributed by atoms with Gasteiger partial charge in [0, 0.05) is 32.7 Å². The number of nitrogens with one attached hydrogen (secondary N) is 2. The zero-order valence-corrected chi connectivity index (χ0v) is 13.5. The highest BCUT2D eigenvalue weighted by atomic mass is 16.2. The quantitative estimate of drug-likeness (QED) is 0.819. The summed E-state index contributed by atoms with van der Waals surface area (Å²) in [6.07, 6.45) is 1.66. The molecule has 2 aromatic rings. The molecule has 1 aromatic heterocycles. The van der Waals surface area contributed by atoms with Crippen molar-refractivity contribution < 1.29 is 4.79 Å². The molecule has 1 fully saturated rings. The van der Waals surface area contributed by atoms with Gasteiger partial charge in [0.1, 0.15) is 5.82 Å². The van der Waals surface area contributed by atoms with Crippen LogP contribution in [-0.2, 0) is 6.54 Å². The summed E-state index contributed by atoms with van der Waals surface area (Å²) >= 11 is 0. The fourth-order valence-corrected chi connectivity index (χ4v) is 2.80. The van der Waals surface area contributed by atoms with E-state index >= 15 is 0 Å². The van der Waals surface area contributed by atoms with Crippen LogP contribution in [-0.4, -0.2) is 58.5 Å². The van der Waals surface area contributed by atoms with Crippen molar-refractivity contribution in [3.05, 3.63) is 53.1 Å². The maximum absolute atomic E-state index is 12.1. The lowest BCUT2D eigenvalue weighted by atomic mass is 10.2. The Hall–Kier alpha value is -2.67. The maximum atomic E-state index is 12.1. The average Bonchev–Trinajstić information content (AvgIpc) is 2.60. The van der Waals surface area contributed by atoms with Crippen molar-refractivity contribution in [3.8, 4) is 0 Å². The lowest BCUT2D eigenvalue weighted by molar-refractivity contribution is 0.134. The first-order chi connectivity index (χ1) is 11.7. The number of amides is 2. The number of fused-ring (bicyclic) bond motifs is 1. The van der Waals surface area contributed by atoms with E-state index in [0.29, 0.717) is 42.9 Å². The molecule has 0 spiro atoms. The van der Waals surface area contributed by atoms with E-state index in [9.17, 15) is 9.59 Å². The fourth-order valence-electron chi connectivity index (χ4n) is 2.80. The molecule has 1 aliphatic heterocycles. The van der Waals surface area contributed by atoms with Crippen molar-refractivity contribution in [1.82, 2.24) is 25.1 Å². The van der Waals surface area contributed by atoms with Crippen LogP contribution in [0.2, 0.25) is 0 Å². The second-order valence-electron chi connectivity index (χ2n) is 5.77. The number of nitrogens with zero attached hydrogens (tertiary/aromatic N) is 3. The van der Waals surface area contributed by atoms with Gasteiger partial charge in [-0.25, -0.2) is 9.78 Å². The zero-order valence-electron chi connectivity index (χ0n) is 13.5. The van der Waals surface area contributed by atoms with E-state index in [1.165, 1.54) is 0 Å². The third kappa shape index (κ3) is 3.62. The van der Waals surface area contributed by atoms with Crippen LogP contribution in [0.5, 0.6) is 0 Å². The molecular formula is C17H21N5O2. The number of hydrogen-bond donors (Lipinski definition) is 2. The number of aromatic amines is 1. The van der Waals surface area contributed by atoms with Crippen molar-refractivity contribution in [1.29, 1.82) is 0 Å². The van der Waals surface area contributed by atoms with Gasteiger partial charge in [-0.3, -0.25) is 9.69 Å². The van der Waals surface area contributed by atoms with E-state index in [1.807, 2.05) is 18.2 Å². The summed E-state index contributed by atoms with van der Waals surface area (Å²) in [5.41, 5.74) is 0.594. The first-order valence-corrected chi connectivity index (χ1v) is 8.01. The van der Waals surface area contributed by atoms with Crippen molar-refractivity contribution >= 4 is 16.9 Å². The van der Waals surface area contributed by atoms with Crippen LogP contribution in [0.1, 0.15) is 5.82 Å². The number of hydrogen-bond acceptors (Lipinski definition) is 4. The molecule has 0 radical (unpaired) electrons. The van der Waals surface area contributed by atoms with E-state index in [2.05, 4.69) is 26.8 Å². The number of urea groups is 1. The van der Waals surface area contributed by atoms with Gasteiger partial charge >= 0.3 is 6.03 Å². The molecule has 2 N–H and O–H groups in total. The third-order valence-corrected chi connectivity index (χ3v) is 4.09. The highest BCUT2D eigenvalue weighted by molar-refractivity contribution is 5.77. The summed E-state index contributed by atoms with van der Waals surface area (Å²) in [5, 5.41) is 3.39. The maximum Gasteiger partial charge on any atom is 0.317 e. The minimum atomic E-state index is -0.113. The number of rotatable bonds is 4. The molecule has 0 saturated carbocycles. The molecule has 2 heterocycles. The van der Waals surface area contributed by atoms with Crippen molar-refractivity contribution in [2.75, 3.05) is 32.7 Å². The number of benzene rings is 1. The van der Waals surface area contributed by atoms with E-state index in [-0.39, 0.29) is 11.6 Å². The molecule has 0 aliphatic carbocycles. The summed E-state index contributed by atoms with van der Waals surface area (Å²) in [6.45, 7) is 7.44. The molecule has 126 valence electrons. The summed E-state index contributed by atoms with van der Waals surface area (Å²) in [6, 6.07) is 7.25. The molecular weight excluding hydrogens is 306 g/mol. The highest BCUT2D eigenvalue weighted by Gasteiger charge is 2.21. The van der Waals surface area contributed by atoms with Gasteiger partial charge in [0.2, 0.25) is 0 Å². The Morgan fingerprint density at radius 2 is 2.04 bits per heavy atom. The van der Waals surface area contributed by atoms with Gasteiger partial charge in [0.25, 0.3) is 5.56 Å². The van der Waals surface area contributed by atoms with Crippen LogP contribution >= 0.6 is 0 Å². The number of piperazine rings is 1. The molecule has 7 nitrogen and oxygen atoms in total. The summed E-state index contributed by atoms with van der Waals surface area (Å²) in [4.78, 5) is 35.3. The molecule has 1 aliphatic rings. The van der Waals surface area contributed by atoms with Crippen LogP contribution in [0.3, 0.4) is 0 Å². The number of para-hydroxylation sites is 1. The van der Waals surface area contributed by atoms with Crippen LogP contribution in [0.4, 0.5) is 4.79 Å². The van der Waals surface area contributed by atoms with Gasteiger partial charge in [-0.2, -0.15) is 0 Å². The second-order valence-corrected chi connectivity index (χ2v) is 5.77. The van der Waals surface area contributed by atoms with Gasteiger partial charge in [-0.1, -0.05) is 18.2 Å².